The van der Waals surface area contributed by atoms with E-state index < -0.39 is 10.0 Å². The molecule has 1 atom stereocenters. The molecule has 0 bridgehead atoms. The molecular formula is C17H23N3O2S. The zero-order valence-corrected chi connectivity index (χ0v) is 14.3. The molecule has 124 valence electrons. The summed E-state index contributed by atoms with van der Waals surface area (Å²) < 4.78 is 25.8. The van der Waals surface area contributed by atoms with Crippen LogP contribution in [-0.4, -0.2) is 49.1 Å². The van der Waals surface area contributed by atoms with Crippen molar-refractivity contribution in [1.29, 1.82) is 5.26 Å². The Hall–Kier alpha value is -1.42. The number of benzene rings is 1. The first-order valence-electron chi connectivity index (χ1n) is 8.25. The van der Waals surface area contributed by atoms with Gasteiger partial charge in [-0.25, -0.2) is 8.42 Å². The van der Waals surface area contributed by atoms with Crippen LogP contribution in [0.5, 0.6) is 0 Å². The molecule has 0 aliphatic carbocycles. The molecule has 0 amide bonds. The summed E-state index contributed by atoms with van der Waals surface area (Å²) in [7, 11) is -3.01. The van der Waals surface area contributed by atoms with Gasteiger partial charge in [0.25, 0.3) is 0 Å². The molecule has 0 radical (unpaired) electrons. The maximum absolute atomic E-state index is 12.1. The van der Waals surface area contributed by atoms with E-state index in [1.807, 2.05) is 18.2 Å². The molecule has 0 spiro atoms. The first-order chi connectivity index (χ1) is 11.0. The highest BCUT2D eigenvalue weighted by Gasteiger charge is 2.36. The standard InChI is InChI=1S/C17H23N3O2S/c1-14(16-5-2-4-15(12-16)13-18)19-9-6-17(7-10-19)20-8-3-11-23(20,21)22/h2,4-5,12,14,17H,3,6-11H2,1H3. The molecule has 5 nitrogen and oxygen atoms in total. The first kappa shape index (κ1) is 16.4. The van der Waals surface area contributed by atoms with Crippen LogP contribution in [0.2, 0.25) is 0 Å². The molecule has 23 heavy (non-hydrogen) atoms. The second-order valence-electron chi connectivity index (χ2n) is 6.46. The maximum Gasteiger partial charge on any atom is 0.214 e. The van der Waals surface area contributed by atoms with E-state index in [4.69, 9.17) is 5.26 Å². The fourth-order valence-corrected chi connectivity index (χ4v) is 5.51. The van der Waals surface area contributed by atoms with E-state index >= 15 is 0 Å². The molecular weight excluding hydrogens is 310 g/mol. The van der Waals surface area contributed by atoms with Crippen molar-refractivity contribution in [2.45, 2.75) is 38.3 Å². The molecule has 1 aromatic rings. The number of nitrogens with zero attached hydrogens (tertiary/aromatic N) is 3. The van der Waals surface area contributed by atoms with Gasteiger partial charge >= 0.3 is 0 Å². The summed E-state index contributed by atoms with van der Waals surface area (Å²) in [5.74, 6) is 0.310. The lowest BCUT2D eigenvalue weighted by atomic mass is 9.99. The minimum Gasteiger partial charge on any atom is -0.296 e. The van der Waals surface area contributed by atoms with Gasteiger partial charge in [-0.2, -0.15) is 9.57 Å². The summed E-state index contributed by atoms with van der Waals surface area (Å²) in [6.45, 7) is 4.64. The van der Waals surface area contributed by atoms with Gasteiger partial charge in [0, 0.05) is 31.7 Å². The van der Waals surface area contributed by atoms with Crippen LogP contribution in [0.25, 0.3) is 0 Å². The van der Waals surface area contributed by atoms with E-state index in [0.29, 0.717) is 17.9 Å². The van der Waals surface area contributed by atoms with Gasteiger partial charge in [-0.3, -0.25) is 4.90 Å². The van der Waals surface area contributed by atoms with Crippen LogP contribution >= 0.6 is 0 Å². The zero-order chi connectivity index (χ0) is 16.4. The predicted octanol–water partition coefficient (Wildman–Crippen LogP) is 2.12. The lowest BCUT2D eigenvalue weighted by Gasteiger charge is -2.38. The molecule has 1 aromatic carbocycles. The van der Waals surface area contributed by atoms with Crippen LogP contribution in [0.4, 0.5) is 0 Å². The second-order valence-corrected chi connectivity index (χ2v) is 8.50. The largest absolute Gasteiger partial charge is 0.296 e. The Kier molecular flexibility index (Phi) is 4.72. The van der Waals surface area contributed by atoms with E-state index in [9.17, 15) is 8.42 Å². The lowest BCUT2D eigenvalue weighted by Crippen LogP contribution is -2.46. The normalized spacial score (nSPS) is 24.3. The van der Waals surface area contributed by atoms with Gasteiger partial charge in [0.05, 0.1) is 17.4 Å². The molecule has 2 heterocycles. The average molecular weight is 333 g/mol. The number of nitriles is 1. The van der Waals surface area contributed by atoms with Crippen molar-refractivity contribution in [3.05, 3.63) is 35.4 Å². The average Bonchev–Trinajstić information content (AvgIpc) is 2.93. The van der Waals surface area contributed by atoms with E-state index in [1.54, 1.807) is 4.31 Å². The van der Waals surface area contributed by atoms with Gasteiger partial charge in [-0.15, -0.1) is 0 Å². The topological polar surface area (TPSA) is 64.4 Å². The van der Waals surface area contributed by atoms with Crippen LogP contribution in [0, 0.1) is 11.3 Å². The van der Waals surface area contributed by atoms with Gasteiger partial charge in [-0.1, -0.05) is 12.1 Å². The molecule has 3 rings (SSSR count). The van der Waals surface area contributed by atoms with E-state index in [0.717, 1.165) is 37.9 Å². The number of piperidine rings is 1. The summed E-state index contributed by atoms with van der Waals surface area (Å²) in [5, 5.41) is 9.03. The SMILES string of the molecule is CC(c1cccc(C#N)c1)N1CCC(N2CCCS2(=O)=O)CC1. The number of sulfonamides is 1. The summed E-state index contributed by atoms with van der Waals surface area (Å²) in [6, 6.07) is 10.3. The molecule has 2 saturated heterocycles. The Morgan fingerprint density at radius 1 is 1.26 bits per heavy atom. The Bertz CT molecular complexity index is 703. The highest BCUT2D eigenvalue weighted by atomic mass is 32.2. The molecule has 2 aliphatic rings. The Morgan fingerprint density at radius 3 is 2.61 bits per heavy atom. The third kappa shape index (κ3) is 3.42. The van der Waals surface area contributed by atoms with Crippen molar-refractivity contribution in [1.82, 2.24) is 9.21 Å². The predicted molar refractivity (Wildman–Crippen MR) is 89.3 cm³/mol. The summed E-state index contributed by atoms with van der Waals surface area (Å²) >= 11 is 0. The van der Waals surface area contributed by atoms with Gasteiger partial charge in [0.15, 0.2) is 0 Å². The highest BCUT2D eigenvalue weighted by Crippen LogP contribution is 2.29. The van der Waals surface area contributed by atoms with E-state index in [-0.39, 0.29) is 12.1 Å². The first-order valence-corrected chi connectivity index (χ1v) is 9.86. The fraction of sp³-hybridized carbons (Fsp3) is 0.588. The van der Waals surface area contributed by atoms with E-state index in [1.165, 1.54) is 0 Å². The number of rotatable bonds is 3. The van der Waals surface area contributed by atoms with Crippen molar-refractivity contribution < 1.29 is 8.42 Å². The lowest BCUT2D eigenvalue weighted by molar-refractivity contribution is 0.128. The van der Waals surface area contributed by atoms with Crippen LogP contribution in [-0.2, 0) is 10.0 Å². The van der Waals surface area contributed by atoms with Crippen molar-refractivity contribution in [2.24, 2.45) is 0 Å². The summed E-state index contributed by atoms with van der Waals surface area (Å²) in [5.41, 5.74) is 1.84. The van der Waals surface area contributed by atoms with Crippen LogP contribution < -0.4 is 0 Å². The number of likely N-dealkylation sites (tertiary alicyclic amines) is 1. The zero-order valence-electron chi connectivity index (χ0n) is 13.5. The van der Waals surface area contributed by atoms with Gasteiger partial charge < -0.3 is 0 Å². The van der Waals surface area contributed by atoms with Crippen molar-refractivity contribution in [3.8, 4) is 6.07 Å². The van der Waals surface area contributed by atoms with Crippen LogP contribution in [0.15, 0.2) is 24.3 Å². The minimum atomic E-state index is -3.01. The third-order valence-corrected chi connectivity index (χ3v) is 7.09. The molecule has 0 aromatic heterocycles. The summed E-state index contributed by atoms with van der Waals surface area (Å²) in [6.07, 6.45) is 2.54. The van der Waals surface area contributed by atoms with Gasteiger partial charge in [0.2, 0.25) is 10.0 Å². The Morgan fingerprint density at radius 2 is 2.00 bits per heavy atom. The quantitative estimate of drug-likeness (QED) is 0.850. The van der Waals surface area contributed by atoms with Crippen LogP contribution in [0.1, 0.15) is 43.4 Å². The minimum absolute atomic E-state index is 0.163. The van der Waals surface area contributed by atoms with Gasteiger partial charge in [-0.05, 0) is 43.9 Å². The molecule has 6 heteroatoms. The number of hydrogen-bond acceptors (Lipinski definition) is 4. The Balaban J connectivity index is 1.63. The van der Waals surface area contributed by atoms with Gasteiger partial charge in [0.1, 0.15) is 0 Å². The molecule has 0 saturated carbocycles. The number of hydrogen-bond donors (Lipinski definition) is 0. The highest BCUT2D eigenvalue weighted by molar-refractivity contribution is 7.89. The monoisotopic (exact) mass is 333 g/mol. The van der Waals surface area contributed by atoms with Crippen LogP contribution in [0.3, 0.4) is 0 Å². The van der Waals surface area contributed by atoms with E-state index in [2.05, 4.69) is 24.0 Å². The second kappa shape index (κ2) is 6.60. The maximum atomic E-state index is 12.1. The van der Waals surface area contributed by atoms with Crippen molar-refractivity contribution >= 4 is 10.0 Å². The molecule has 2 fully saturated rings. The molecule has 2 aliphatic heterocycles. The van der Waals surface area contributed by atoms with Crippen molar-refractivity contribution in [2.75, 3.05) is 25.4 Å². The molecule has 0 N–H and O–H groups in total. The molecule has 1 unspecified atom stereocenters. The summed E-state index contributed by atoms with van der Waals surface area (Å²) in [4.78, 5) is 2.38. The van der Waals surface area contributed by atoms with Crippen molar-refractivity contribution in [3.63, 3.8) is 0 Å². The third-order valence-electron chi connectivity index (χ3n) is 5.09. The smallest absolute Gasteiger partial charge is 0.214 e. The fourth-order valence-electron chi connectivity index (χ4n) is 3.71. The Labute approximate surface area is 138 Å².